The van der Waals surface area contributed by atoms with E-state index in [0.717, 1.165) is 0 Å². The fraction of sp³-hybridized carbons (Fsp3) is 0. The molecule has 4 heteroatoms. The second kappa shape index (κ2) is 23.0. The fourth-order valence-corrected chi connectivity index (χ4v) is 0. The van der Waals surface area contributed by atoms with Crippen LogP contribution >= 0.6 is 0 Å². The summed E-state index contributed by atoms with van der Waals surface area (Å²) in [6.07, 6.45) is 0. The molecule has 0 saturated carbocycles. The molecule has 0 aliphatic heterocycles. The van der Waals surface area contributed by atoms with E-state index in [4.69, 9.17) is 3.10 Å². The van der Waals surface area contributed by atoms with Gasteiger partial charge in [-0.1, -0.05) is 0 Å². The zero-order valence-electron chi connectivity index (χ0n) is 1.67. The van der Waals surface area contributed by atoms with Gasteiger partial charge in [-0.15, -0.1) is 0 Å². The molecule has 0 fully saturated rings. The molecule has 0 rings (SSSR count). The predicted molar refractivity (Wildman–Crippen MR) is 15.0 cm³/mol. The van der Waals surface area contributed by atoms with Gasteiger partial charge < -0.3 is 0 Å². The quantitative estimate of drug-likeness (QED) is 0.498. The minimum atomic E-state index is 0. The van der Waals surface area contributed by atoms with E-state index >= 15 is 0 Å². The van der Waals surface area contributed by atoms with E-state index in [1.165, 1.54) is 0 Å². The Morgan fingerprint density at radius 3 is 1.25 bits per heavy atom. The van der Waals surface area contributed by atoms with E-state index < -0.39 is 0 Å². The SMILES string of the molecule is O=[Te].[Fe].[SeH2]. The molecule has 0 amide bonds. The van der Waals surface area contributed by atoms with Crippen LogP contribution < -0.4 is 0 Å². The summed E-state index contributed by atoms with van der Waals surface area (Å²) in [6, 6.07) is 0. The molecule has 0 bridgehead atoms. The normalized spacial score (nSPS) is 1.00. The third kappa shape index (κ3) is 9.45. The van der Waals surface area contributed by atoms with Gasteiger partial charge in [-0.2, -0.15) is 0 Å². The van der Waals surface area contributed by atoms with Gasteiger partial charge in [-0.05, 0) is 0 Å². The van der Waals surface area contributed by atoms with E-state index in [2.05, 4.69) is 0 Å². The van der Waals surface area contributed by atoms with Gasteiger partial charge in [0.2, 0.25) is 0 Å². The van der Waals surface area contributed by atoms with Crippen molar-refractivity contribution < 1.29 is 20.2 Å². The first kappa shape index (κ1) is 17.5. The van der Waals surface area contributed by atoms with Crippen molar-refractivity contribution in [2.45, 2.75) is 0 Å². The molecule has 0 aromatic heterocycles. The maximum atomic E-state index is 8.26. The second-order valence-corrected chi connectivity index (χ2v) is 0. The van der Waals surface area contributed by atoms with Gasteiger partial charge in [0.1, 0.15) is 0 Å². The second-order valence-electron chi connectivity index (χ2n) is 0. The van der Waals surface area contributed by atoms with Crippen molar-refractivity contribution in [3.8, 4) is 0 Å². The first-order chi connectivity index (χ1) is 1.00. The van der Waals surface area contributed by atoms with Crippen molar-refractivity contribution >= 4 is 39.3 Å². The first-order valence-electron chi connectivity index (χ1n) is 0.167. The average molecular weight is 280 g/mol. The molecule has 0 spiro atoms. The maximum absolute atomic E-state index is 8.26. The molecule has 1 nitrogen and oxygen atoms in total. The van der Waals surface area contributed by atoms with Crippen molar-refractivity contribution in [2.24, 2.45) is 0 Å². The van der Waals surface area contributed by atoms with E-state index in [1.54, 1.807) is 0 Å². The van der Waals surface area contributed by atoms with Crippen LogP contribution in [0.15, 0.2) is 0 Å². The predicted octanol–water partition coefficient (Wildman–Crippen LogP) is -1.42. The standard InChI is InChI=1S/Fe.OTe.H2Se/c;1-2;/h;;1H2. The molecule has 0 heterocycles. The summed E-state index contributed by atoms with van der Waals surface area (Å²) in [5.41, 5.74) is 0. The molecular weight excluding hydrogens is 278 g/mol. The molecule has 0 N–H and O–H groups in total. The Morgan fingerprint density at radius 1 is 1.25 bits per heavy atom. The summed E-state index contributed by atoms with van der Waals surface area (Å²) < 4.78 is 8.26. The number of hydrogen-bond donors (Lipinski definition) is 0. The Balaban J connectivity index is -0.00000000500. The molecule has 0 aliphatic carbocycles. The van der Waals surface area contributed by atoms with E-state index in [0.29, 0.717) is 22.3 Å². The molecular formula is H2FeOSeTe. The van der Waals surface area contributed by atoms with Crippen LogP contribution in [0.5, 0.6) is 0 Å². The zero-order valence-corrected chi connectivity index (χ0v) is 7.20. The molecule has 0 aromatic carbocycles. The van der Waals surface area contributed by atoms with Crippen LogP contribution in [-0.4, -0.2) is 39.3 Å². The van der Waals surface area contributed by atoms with Gasteiger partial charge in [0, 0.05) is 17.1 Å². The number of hydrogen-bond acceptors (Lipinski definition) is 1. The Bertz CT molecular complexity index is 8.00. The van der Waals surface area contributed by atoms with Crippen molar-refractivity contribution in [2.75, 3.05) is 0 Å². The van der Waals surface area contributed by atoms with E-state index in [9.17, 15) is 0 Å². The van der Waals surface area contributed by atoms with Crippen LogP contribution in [-0.2, 0) is 20.2 Å². The molecule has 0 aromatic rings. The van der Waals surface area contributed by atoms with Gasteiger partial charge in [0.05, 0.1) is 0 Å². The molecule has 28 valence electrons. The van der Waals surface area contributed by atoms with Crippen LogP contribution in [0, 0.1) is 0 Å². The summed E-state index contributed by atoms with van der Waals surface area (Å²) in [7, 11) is 0. The van der Waals surface area contributed by atoms with Gasteiger partial charge in [-0.25, -0.2) is 0 Å². The minimum absolute atomic E-state index is 0. The van der Waals surface area contributed by atoms with Crippen LogP contribution in [0.3, 0.4) is 0 Å². The van der Waals surface area contributed by atoms with Crippen molar-refractivity contribution in [1.82, 2.24) is 0 Å². The van der Waals surface area contributed by atoms with Crippen LogP contribution in [0.1, 0.15) is 0 Å². The van der Waals surface area contributed by atoms with Crippen LogP contribution in [0.25, 0.3) is 0 Å². The zero-order chi connectivity index (χ0) is 2.00. The van der Waals surface area contributed by atoms with Crippen LogP contribution in [0.2, 0.25) is 0 Å². The van der Waals surface area contributed by atoms with Crippen molar-refractivity contribution in [1.29, 1.82) is 0 Å². The summed E-state index contributed by atoms with van der Waals surface area (Å²) >= 11 is 0.700. The Morgan fingerprint density at radius 2 is 1.25 bits per heavy atom. The van der Waals surface area contributed by atoms with Crippen molar-refractivity contribution in [3.63, 3.8) is 0 Å². The summed E-state index contributed by atoms with van der Waals surface area (Å²) in [6.45, 7) is 0. The Labute approximate surface area is 59.1 Å². The van der Waals surface area contributed by atoms with Gasteiger partial charge in [0.15, 0.2) is 0 Å². The van der Waals surface area contributed by atoms with Gasteiger partial charge in [-0.3, -0.25) is 0 Å². The van der Waals surface area contributed by atoms with Gasteiger partial charge >= 0.3 is 42.5 Å². The summed E-state index contributed by atoms with van der Waals surface area (Å²) in [5.74, 6) is 0. The summed E-state index contributed by atoms with van der Waals surface area (Å²) in [5, 5.41) is 0. The topological polar surface area (TPSA) is 17.1 Å². The monoisotopic (exact) mass is 284 g/mol. The average Bonchev–Trinajstić information content (AvgIpc) is 1.00. The molecule has 0 radical (unpaired) electrons. The molecule has 4 heavy (non-hydrogen) atoms. The molecule has 0 aliphatic rings. The fourth-order valence-electron chi connectivity index (χ4n) is 0. The molecule has 0 atom stereocenters. The molecule has 0 unspecified atom stereocenters. The summed E-state index contributed by atoms with van der Waals surface area (Å²) in [4.78, 5) is 0. The Kier molecular flexibility index (Phi) is 100. The van der Waals surface area contributed by atoms with Crippen LogP contribution in [0.4, 0.5) is 0 Å². The van der Waals surface area contributed by atoms with Crippen molar-refractivity contribution in [3.05, 3.63) is 0 Å². The van der Waals surface area contributed by atoms with E-state index in [1.807, 2.05) is 0 Å². The number of rotatable bonds is 0. The Hall–Kier alpha value is 1.63. The molecule has 0 saturated heterocycles. The van der Waals surface area contributed by atoms with Gasteiger partial charge in [0.25, 0.3) is 0 Å². The first-order valence-corrected chi connectivity index (χ1v) is 1.12. The van der Waals surface area contributed by atoms with E-state index in [-0.39, 0.29) is 34.1 Å². The third-order valence-electron chi connectivity index (χ3n) is 0. The third-order valence-corrected chi connectivity index (χ3v) is 0.